The van der Waals surface area contributed by atoms with Gasteiger partial charge in [0.15, 0.2) is 0 Å². The molecule has 0 atom stereocenters. The summed E-state index contributed by atoms with van der Waals surface area (Å²) in [7, 11) is 0. The topological polar surface area (TPSA) is 79.7 Å². The largest absolute Gasteiger partial charge is 0.859 e. The van der Waals surface area contributed by atoms with E-state index < -0.39 is 11.3 Å². The zero-order valence-corrected chi connectivity index (χ0v) is 10.5. The number of pyridine rings is 1. The highest BCUT2D eigenvalue weighted by Gasteiger charge is 2.13. The first-order chi connectivity index (χ1) is 9.22. The molecule has 4 nitrogen and oxygen atoms in total. The van der Waals surface area contributed by atoms with E-state index in [0.717, 1.165) is 11.1 Å². The number of aromatic amines is 1. The SMILES string of the molecule is N#Cc1c([O-])[nH]c2scc(-c3ccccc3)c2c1=O. The Morgan fingerprint density at radius 2 is 2.00 bits per heavy atom. The number of benzene rings is 1. The minimum Gasteiger partial charge on any atom is -0.859 e. The fraction of sp³-hybridized carbons (Fsp3) is 0. The first-order valence-electron chi connectivity index (χ1n) is 5.52. The van der Waals surface area contributed by atoms with E-state index in [9.17, 15) is 9.90 Å². The quantitative estimate of drug-likeness (QED) is 0.734. The van der Waals surface area contributed by atoms with Gasteiger partial charge in [0, 0.05) is 10.9 Å². The van der Waals surface area contributed by atoms with Crippen molar-refractivity contribution in [1.82, 2.24) is 4.98 Å². The summed E-state index contributed by atoms with van der Waals surface area (Å²) in [5.74, 6) is -0.624. The summed E-state index contributed by atoms with van der Waals surface area (Å²) in [5, 5.41) is 22.7. The number of H-pyrrole nitrogens is 1. The van der Waals surface area contributed by atoms with E-state index in [1.807, 2.05) is 35.7 Å². The molecule has 1 aromatic carbocycles. The molecule has 0 aliphatic carbocycles. The Kier molecular flexibility index (Phi) is 2.58. The van der Waals surface area contributed by atoms with Crippen LogP contribution in [0.25, 0.3) is 21.3 Å². The number of aromatic nitrogens is 1. The molecule has 0 bridgehead atoms. The Morgan fingerprint density at radius 1 is 1.26 bits per heavy atom. The molecule has 0 aliphatic heterocycles. The van der Waals surface area contributed by atoms with Gasteiger partial charge in [-0.1, -0.05) is 30.3 Å². The van der Waals surface area contributed by atoms with Crippen molar-refractivity contribution in [3.8, 4) is 23.1 Å². The Bertz CT molecular complexity index is 857. The molecule has 0 saturated heterocycles. The van der Waals surface area contributed by atoms with Crippen LogP contribution in [0.1, 0.15) is 5.56 Å². The average molecular weight is 267 g/mol. The van der Waals surface area contributed by atoms with Crippen LogP contribution in [-0.2, 0) is 0 Å². The number of nitriles is 1. The van der Waals surface area contributed by atoms with Crippen molar-refractivity contribution in [3.63, 3.8) is 0 Å². The summed E-state index contributed by atoms with van der Waals surface area (Å²) >= 11 is 1.29. The van der Waals surface area contributed by atoms with Gasteiger partial charge < -0.3 is 10.1 Å². The maximum absolute atomic E-state index is 12.2. The van der Waals surface area contributed by atoms with E-state index in [-0.39, 0.29) is 5.56 Å². The van der Waals surface area contributed by atoms with Gasteiger partial charge in [0.2, 0.25) is 5.43 Å². The van der Waals surface area contributed by atoms with Crippen LogP contribution in [0, 0.1) is 11.3 Å². The van der Waals surface area contributed by atoms with Crippen LogP contribution in [0.3, 0.4) is 0 Å². The van der Waals surface area contributed by atoms with Crippen molar-refractivity contribution >= 4 is 21.6 Å². The average Bonchev–Trinajstić information content (AvgIpc) is 2.84. The van der Waals surface area contributed by atoms with Crippen molar-refractivity contribution in [1.29, 1.82) is 5.26 Å². The number of hydrogen-bond acceptors (Lipinski definition) is 4. The van der Waals surface area contributed by atoms with Gasteiger partial charge in [-0.3, -0.25) is 4.79 Å². The van der Waals surface area contributed by atoms with Crippen LogP contribution >= 0.6 is 11.3 Å². The van der Waals surface area contributed by atoms with Crippen LogP contribution in [0.2, 0.25) is 0 Å². The molecule has 0 radical (unpaired) electrons. The second-order valence-corrected chi connectivity index (χ2v) is 4.87. The summed E-state index contributed by atoms with van der Waals surface area (Å²) in [6.07, 6.45) is 0. The van der Waals surface area contributed by atoms with Crippen LogP contribution < -0.4 is 10.5 Å². The Balaban J connectivity index is 2.42. The lowest BCUT2D eigenvalue weighted by Gasteiger charge is -2.07. The molecule has 0 saturated carbocycles. The van der Waals surface area contributed by atoms with Gasteiger partial charge in [0.05, 0.1) is 5.39 Å². The van der Waals surface area contributed by atoms with Gasteiger partial charge >= 0.3 is 0 Å². The Hall–Kier alpha value is -2.58. The fourth-order valence-corrected chi connectivity index (χ4v) is 2.96. The highest BCUT2D eigenvalue weighted by molar-refractivity contribution is 7.17. The lowest BCUT2D eigenvalue weighted by molar-refractivity contribution is -0.275. The molecule has 0 aliphatic rings. The van der Waals surface area contributed by atoms with Gasteiger partial charge in [0.1, 0.15) is 16.5 Å². The lowest BCUT2D eigenvalue weighted by Crippen LogP contribution is -2.12. The first kappa shape index (κ1) is 11.5. The molecule has 1 N–H and O–H groups in total. The molecule has 3 aromatic rings. The highest BCUT2D eigenvalue weighted by Crippen LogP contribution is 2.31. The predicted molar refractivity (Wildman–Crippen MR) is 72.0 cm³/mol. The summed E-state index contributed by atoms with van der Waals surface area (Å²) in [5.41, 5.74) is 0.782. The van der Waals surface area contributed by atoms with Gasteiger partial charge in [0.25, 0.3) is 0 Å². The standard InChI is InChI=1S/C14H8N2O2S/c15-6-9-12(17)11-10(8-4-2-1-3-5-8)7-19-14(11)16-13(9)18/h1-5,7H,(H2,16,17,18)/p-1. The third kappa shape index (κ3) is 1.70. The number of fused-ring (bicyclic) bond motifs is 1. The zero-order chi connectivity index (χ0) is 13.4. The smallest absolute Gasteiger partial charge is 0.207 e. The molecule has 2 aromatic heterocycles. The minimum absolute atomic E-state index is 0.358. The lowest BCUT2D eigenvalue weighted by atomic mass is 10.0. The monoisotopic (exact) mass is 267 g/mol. The highest BCUT2D eigenvalue weighted by atomic mass is 32.1. The maximum Gasteiger partial charge on any atom is 0.207 e. The van der Waals surface area contributed by atoms with E-state index in [0.29, 0.717) is 10.2 Å². The van der Waals surface area contributed by atoms with Gasteiger partial charge in [-0.25, -0.2) is 0 Å². The number of nitrogens with zero attached hydrogens (tertiary/aromatic N) is 1. The van der Waals surface area contributed by atoms with Gasteiger partial charge in [-0.2, -0.15) is 5.26 Å². The number of thiophene rings is 1. The second kappa shape index (κ2) is 4.26. The van der Waals surface area contributed by atoms with E-state index >= 15 is 0 Å². The summed E-state index contributed by atoms with van der Waals surface area (Å²) in [6, 6.07) is 11.1. The third-order valence-electron chi connectivity index (χ3n) is 2.90. The molecular weight excluding hydrogens is 260 g/mol. The number of rotatable bonds is 1. The summed E-state index contributed by atoms with van der Waals surface area (Å²) < 4.78 is 0. The van der Waals surface area contributed by atoms with E-state index in [1.54, 1.807) is 6.07 Å². The van der Waals surface area contributed by atoms with Crippen molar-refractivity contribution in [3.05, 3.63) is 51.5 Å². The normalized spacial score (nSPS) is 10.5. The molecule has 0 unspecified atom stereocenters. The van der Waals surface area contributed by atoms with Gasteiger partial charge in [-0.15, -0.1) is 11.3 Å². The molecular formula is C14H7N2O2S-. The molecule has 2 heterocycles. The summed E-state index contributed by atoms with van der Waals surface area (Å²) in [6.45, 7) is 0. The molecule has 19 heavy (non-hydrogen) atoms. The molecule has 5 heteroatoms. The Labute approximate surface area is 112 Å². The first-order valence-corrected chi connectivity index (χ1v) is 6.40. The Morgan fingerprint density at radius 3 is 2.68 bits per heavy atom. The van der Waals surface area contributed by atoms with E-state index in [2.05, 4.69) is 4.98 Å². The third-order valence-corrected chi connectivity index (χ3v) is 3.79. The fourth-order valence-electron chi connectivity index (χ4n) is 2.00. The maximum atomic E-state index is 12.2. The van der Waals surface area contributed by atoms with Crippen molar-refractivity contribution in [2.24, 2.45) is 0 Å². The summed E-state index contributed by atoms with van der Waals surface area (Å²) in [4.78, 5) is 15.3. The molecule has 92 valence electrons. The number of nitrogens with one attached hydrogen (secondary N) is 1. The molecule has 0 amide bonds. The van der Waals surface area contributed by atoms with Crippen molar-refractivity contribution in [2.75, 3.05) is 0 Å². The van der Waals surface area contributed by atoms with E-state index in [4.69, 9.17) is 5.26 Å². The minimum atomic E-state index is -0.624. The van der Waals surface area contributed by atoms with Gasteiger partial charge in [-0.05, 0) is 11.4 Å². The van der Waals surface area contributed by atoms with Crippen LogP contribution in [0.4, 0.5) is 0 Å². The molecule has 3 rings (SSSR count). The molecule has 0 spiro atoms. The van der Waals surface area contributed by atoms with Crippen molar-refractivity contribution < 1.29 is 5.11 Å². The zero-order valence-electron chi connectivity index (χ0n) is 9.64. The number of hydrogen-bond donors (Lipinski definition) is 1. The second-order valence-electron chi connectivity index (χ2n) is 3.99. The van der Waals surface area contributed by atoms with Crippen LogP contribution in [0.5, 0.6) is 5.88 Å². The van der Waals surface area contributed by atoms with Crippen LogP contribution in [-0.4, -0.2) is 4.98 Å². The predicted octanol–water partition coefficient (Wildman–Crippen LogP) is 2.20. The van der Waals surface area contributed by atoms with Crippen LogP contribution in [0.15, 0.2) is 40.5 Å². The van der Waals surface area contributed by atoms with Crippen molar-refractivity contribution in [2.45, 2.75) is 0 Å². The molecule has 0 fully saturated rings. The van der Waals surface area contributed by atoms with E-state index in [1.165, 1.54) is 11.3 Å².